The van der Waals surface area contributed by atoms with Gasteiger partial charge in [-0.3, -0.25) is 10.1 Å². The van der Waals surface area contributed by atoms with Gasteiger partial charge >= 0.3 is 0 Å². The first-order chi connectivity index (χ1) is 9.56. The molecule has 1 atom stereocenters. The van der Waals surface area contributed by atoms with Crippen LogP contribution in [0.1, 0.15) is 18.4 Å². The van der Waals surface area contributed by atoms with E-state index in [0.29, 0.717) is 12.5 Å². The first-order valence-corrected chi connectivity index (χ1v) is 7.26. The molecule has 0 saturated carbocycles. The summed E-state index contributed by atoms with van der Waals surface area (Å²) in [5, 5.41) is 14.5. The van der Waals surface area contributed by atoms with Crippen LogP contribution in [0.2, 0.25) is 5.02 Å². The Morgan fingerprint density at radius 2 is 2.35 bits per heavy atom. The van der Waals surface area contributed by atoms with Crippen molar-refractivity contribution in [2.24, 2.45) is 5.92 Å². The van der Waals surface area contributed by atoms with Crippen LogP contribution >= 0.6 is 11.6 Å². The number of hydrogen-bond donors (Lipinski definition) is 1. The van der Waals surface area contributed by atoms with E-state index in [-0.39, 0.29) is 10.7 Å². The largest absolute Gasteiger partial charge is 0.316 e. The Morgan fingerprint density at radius 1 is 1.55 bits per heavy atom. The Labute approximate surface area is 124 Å². The number of nitrogens with zero attached hydrogens (tertiary/aromatic N) is 2. The molecule has 1 unspecified atom stereocenters. The van der Waals surface area contributed by atoms with Crippen molar-refractivity contribution in [3.05, 3.63) is 38.9 Å². The molecule has 1 aliphatic heterocycles. The Balaban J connectivity index is 1.95. The molecule has 6 heteroatoms. The minimum Gasteiger partial charge on any atom is -0.316 e. The number of halogens is 1. The molecule has 1 N–H and O–H groups in total. The number of nitro benzene ring substituents is 1. The molecule has 1 heterocycles. The number of nitrogens with one attached hydrogen (secondary N) is 1. The molecule has 0 spiro atoms. The van der Waals surface area contributed by atoms with Crippen LogP contribution in [0.25, 0.3) is 0 Å². The van der Waals surface area contributed by atoms with Crippen molar-refractivity contribution >= 4 is 17.3 Å². The van der Waals surface area contributed by atoms with Gasteiger partial charge in [-0.15, -0.1) is 0 Å². The van der Waals surface area contributed by atoms with E-state index < -0.39 is 4.92 Å². The molecule has 0 amide bonds. The summed E-state index contributed by atoms with van der Waals surface area (Å²) in [6, 6.07) is 5.02. The zero-order valence-electron chi connectivity index (χ0n) is 11.6. The maximum atomic E-state index is 10.9. The molecule has 0 aromatic heterocycles. The van der Waals surface area contributed by atoms with Gasteiger partial charge in [-0.2, -0.15) is 0 Å². The second-order valence-electron chi connectivity index (χ2n) is 5.45. The van der Waals surface area contributed by atoms with Crippen molar-refractivity contribution in [1.29, 1.82) is 0 Å². The lowest BCUT2D eigenvalue weighted by Gasteiger charge is -2.27. The maximum absolute atomic E-state index is 10.9. The summed E-state index contributed by atoms with van der Waals surface area (Å²) in [7, 11) is 2.05. The molecule has 1 fully saturated rings. The maximum Gasteiger partial charge on any atom is 0.288 e. The molecule has 0 aliphatic carbocycles. The standard InChI is InChI=1S/C14H20ClN3O2/c1-17(10-12-3-2-6-16-8-12)9-11-4-5-13(15)14(7-11)18(19)20/h4-5,7,12,16H,2-3,6,8-10H2,1H3. The average molecular weight is 298 g/mol. The zero-order valence-corrected chi connectivity index (χ0v) is 12.4. The summed E-state index contributed by atoms with van der Waals surface area (Å²) >= 11 is 5.82. The Morgan fingerprint density at radius 3 is 3.00 bits per heavy atom. The van der Waals surface area contributed by atoms with E-state index >= 15 is 0 Å². The molecule has 0 bridgehead atoms. The molecule has 2 rings (SSSR count). The summed E-state index contributed by atoms with van der Waals surface area (Å²) in [5.74, 6) is 0.663. The van der Waals surface area contributed by atoms with E-state index in [4.69, 9.17) is 11.6 Å². The third-order valence-corrected chi connectivity index (χ3v) is 3.95. The van der Waals surface area contributed by atoms with Crippen LogP contribution in [0.5, 0.6) is 0 Å². The number of hydrogen-bond acceptors (Lipinski definition) is 4. The highest BCUT2D eigenvalue weighted by Crippen LogP contribution is 2.25. The normalized spacial score (nSPS) is 19.2. The van der Waals surface area contributed by atoms with E-state index in [2.05, 4.69) is 17.3 Å². The van der Waals surface area contributed by atoms with Crippen LogP contribution in [0.15, 0.2) is 18.2 Å². The van der Waals surface area contributed by atoms with Gasteiger partial charge in [-0.05, 0) is 50.5 Å². The SMILES string of the molecule is CN(Cc1ccc(Cl)c([N+](=O)[O-])c1)CC1CCCNC1. The summed E-state index contributed by atoms with van der Waals surface area (Å²) in [4.78, 5) is 12.7. The molecule has 110 valence electrons. The van der Waals surface area contributed by atoms with Crippen LogP contribution in [0.3, 0.4) is 0 Å². The van der Waals surface area contributed by atoms with Gasteiger partial charge in [0.1, 0.15) is 5.02 Å². The predicted molar refractivity (Wildman–Crippen MR) is 80.0 cm³/mol. The van der Waals surface area contributed by atoms with E-state index in [1.165, 1.54) is 12.8 Å². The first kappa shape index (κ1) is 15.2. The fourth-order valence-electron chi connectivity index (χ4n) is 2.69. The van der Waals surface area contributed by atoms with Crippen molar-refractivity contribution in [3.8, 4) is 0 Å². The summed E-state index contributed by atoms with van der Waals surface area (Å²) in [5.41, 5.74) is 0.907. The second-order valence-corrected chi connectivity index (χ2v) is 5.86. The van der Waals surface area contributed by atoms with Crippen LogP contribution in [-0.4, -0.2) is 36.5 Å². The summed E-state index contributed by atoms with van der Waals surface area (Å²) in [6.07, 6.45) is 2.48. The molecule has 1 aliphatic rings. The Kier molecular flexibility index (Phi) is 5.34. The van der Waals surface area contributed by atoms with E-state index in [0.717, 1.165) is 25.2 Å². The van der Waals surface area contributed by atoms with Gasteiger partial charge in [0.15, 0.2) is 0 Å². The van der Waals surface area contributed by atoms with Gasteiger partial charge in [0.2, 0.25) is 0 Å². The first-order valence-electron chi connectivity index (χ1n) is 6.88. The van der Waals surface area contributed by atoms with Crippen molar-refractivity contribution in [2.45, 2.75) is 19.4 Å². The van der Waals surface area contributed by atoms with Crippen molar-refractivity contribution < 1.29 is 4.92 Å². The van der Waals surface area contributed by atoms with Crippen molar-refractivity contribution in [3.63, 3.8) is 0 Å². The molecule has 1 aromatic rings. The van der Waals surface area contributed by atoms with Gasteiger partial charge in [-0.1, -0.05) is 17.7 Å². The monoisotopic (exact) mass is 297 g/mol. The van der Waals surface area contributed by atoms with Gasteiger partial charge in [0.05, 0.1) is 4.92 Å². The number of nitro groups is 1. The molecular weight excluding hydrogens is 278 g/mol. The van der Waals surface area contributed by atoms with E-state index in [9.17, 15) is 10.1 Å². The lowest BCUT2D eigenvalue weighted by molar-refractivity contribution is -0.384. The topological polar surface area (TPSA) is 58.4 Å². The third-order valence-electron chi connectivity index (χ3n) is 3.63. The lowest BCUT2D eigenvalue weighted by atomic mass is 9.99. The fourth-order valence-corrected chi connectivity index (χ4v) is 2.88. The van der Waals surface area contributed by atoms with E-state index in [1.807, 2.05) is 6.07 Å². The highest BCUT2D eigenvalue weighted by atomic mass is 35.5. The highest BCUT2D eigenvalue weighted by Gasteiger charge is 2.17. The van der Waals surface area contributed by atoms with Gasteiger partial charge < -0.3 is 10.2 Å². The minimum atomic E-state index is -0.434. The van der Waals surface area contributed by atoms with Crippen molar-refractivity contribution in [1.82, 2.24) is 10.2 Å². The third kappa shape index (κ3) is 4.16. The van der Waals surface area contributed by atoms with Gasteiger partial charge in [-0.25, -0.2) is 0 Å². The number of benzene rings is 1. The smallest absolute Gasteiger partial charge is 0.288 e. The van der Waals surface area contributed by atoms with E-state index in [1.54, 1.807) is 12.1 Å². The average Bonchev–Trinajstić information content (AvgIpc) is 2.41. The van der Waals surface area contributed by atoms with Gasteiger partial charge in [0.25, 0.3) is 5.69 Å². The number of rotatable bonds is 5. The van der Waals surface area contributed by atoms with Crippen LogP contribution in [-0.2, 0) is 6.54 Å². The van der Waals surface area contributed by atoms with Gasteiger partial charge in [0, 0.05) is 19.2 Å². The fraction of sp³-hybridized carbons (Fsp3) is 0.571. The summed E-state index contributed by atoms with van der Waals surface area (Å²) in [6.45, 7) is 3.88. The number of piperidine rings is 1. The van der Waals surface area contributed by atoms with Crippen molar-refractivity contribution in [2.75, 3.05) is 26.7 Å². The Bertz CT molecular complexity index is 475. The predicted octanol–water partition coefficient (Wildman–Crippen LogP) is 2.68. The zero-order chi connectivity index (χ0) is 14.5. The molecule has 1 saturated heterocycles. The molecule has 1 aromatic carbocycles. The Hall–Kier alpha value is -1.17. The lowest BCUT2D eigenvalue weighted by Crippen LogP contribution is -2.36. The minimum absolute atomic E-state index is 0.0168. The highest BCUT2D eigenvalue weighted by molar-refractivity contribution is 6.32. The molecule has 5 nitrogen and oxygen atoms in total. The van der Waals surface area contributed by atoms with Crippen LogP contribution < -0.4 is 5.32 Å². The molecule has 0 radical (unpaired) electrons. The molecular formula is C14H20ClN3O2. The second kappa shape index (κ2) is 7.02. The van der Waals surface area contributed by atoms with Crippen LogP contribution in [0, 0.1) is 16.0 Å². The molecule has 20 heavy (non-hydrogen) atoms. The van der Waals surface area contributed by atoms with Crippen LogP contribution in [0.4, 0.5) is 5.69 Å². The summed E-state index contributed by atoms with van der Waals surface area (Å²) < 4.78 is 0. The quantitative estimate of drug-likeness (QED) is 0.670.